The van der Waals surface area contributed by atoms with Crippen LogP contribution in [0.25, 0.3) is 0 Å². The standard InChI is InChI=1S/C17H26N4/c1-13(17-5-3-4-10-18-17)19-20-14(2)21-11-15-6-7-16(12-21)9-8-15/h3-5,10,14-16,20H,6-9,11-12H2,1-2H3/b19-13+. The van der Waals surface area contributed by atoms with E-state index in [4.69, 9.17) is 0 Å². The molecule has 1 aliphatic carbocycles. The van der Waals surface area contributed by atoms with Gasteiger partial charge in [-0.05, 0) is 63.5 Å². The summed E-state index contributed by atoms with van der Waals surface area (Å²) in [4.78, 5) is 6.91. The van der Waals surface area contributed by atoms with Gasteiger partial charge in [0.25, 0.3) is 0 Å². The molecule has 0 spiro atoms. The van der Waals surface area contributed by atoms with E-state index in [1.807, 2.05) is 31.3 Å². The number of hydrogen-bond acceptors (Lipinski definition) is 4. The topological polar surface area (TPSA) is 40.5 Å². The summed E-state index contributed by atoms with van der Waals surface area (Å²) in [5.41, 5.74) is 5.20. The molecule has 4 rings (SSSR count). The van der Waals surface area contributed by atoms with E-state index in [-0.39, 0.29) is 0 Å². The molecular weight excluding hydrogens is 260 g/mol. The molecule has 1 N–H and O–H groups in total. The molecule has 0 amide bonds. The lowest BCUT2D eigenvalue weighted by Gasteiger charge is -2.29. The monoisotopic (exact) mass is 286 g/mol. The molecule has 2 bridgehead atoms. The van der Waals surface area contributed by atoms with E-state index in [0.29, 0.717) is 6.17 Å². The van der Waals surface area contributed by atoms with Crippen LogP contribution in [0.1, 0.15) is 45.2 Å². The molecule has 0 radical (unpaired) electrons. The zero-order valence-corrected chi connectivity index (χ0v) is 13.1. The second-order valence-electron chi connectivity index (χ2n) is 6.56. The summed E-state index contributed by atoms with van der Waals surface area (Å²) in [6.07, 6.45) is 7.79. The quantitative estimate of drug-likeness (QED) is 0.683. The fraction of sp³-hybridized carbons (Fsp3) is 0.647. The molecule has 3 fully saturated rings. The van der Waals surface area contributed by atoms with Crippen LogP contribution in [0.2, 0.25) is 0 Å². The highest BCUT2D eigenvalue weighted by Crippen LogP contribution is 2.34. The van der Waals surface area contributed by atoms with Crippen molar-refractivity contribution in [1.82, 2.24) is 15.3 Å². The van der Waals surface area contributed by atoms with Crippen molar-refractivity contribution in [3.8, 4) is 0 Å². The van der Waals surface area contributed by atoms with Crippen LogP contribution >= 0.6 is 0 Å². The average Bonchev–Trinajstić information content (AvgIpc) is 2.87. The van der Waals surface area contributed by atoms with Gasteiger partial charge in [0.05, 0.1) is 17.6 Å². The van der Waals surface area contributed by atoms with E-state index < -0.39 is 0 Å². The molecule has 0 aromatic carbocycles. The van der Waals surface area contributed by atoms with Crippen molar-refractivity contribution >= 4 is 5.71 Å². The van der Waals surface area contributed by atoms with E-state index in [1.165, 1.54) is 38.8 Å². The van der Waals surface area contributed by atoms with Crippen molar-refractivity contribution in [2.45, 2.75) is 45.7 Å². The normalized spacial score (nSPS) is 28.2. The first-order valence-corrected chi connectivity index (χ1v) is 8.17. The van der Waals surface area contributed by atoms with Crippen molar-refractivity contribution in [3.05, 3.63) is 30.1 Å². The van der Waals surface area contributed by atoms with Gasteiger partial charge in [0.1, 0.15) is 0 Å². The van der Waals surface area contributed by atoms with Crippen LogP contribution in [0.5, 0.6) is 0 Å². The maximum atomic E-state index is 4.53. The first kappa shape index (κ1) is 14.5. The zero-order valence-electron chi connectivity index (χ0n) is 13.1. The van der Waals surface area contributed by atoms with Gasteiger partial charge in [-0.2, -0.15) is 5.10 Å². The molecule has 21 heavy (non-hydrogen) atoms. The molecule has 1 saturated carbocycles. The molecule has 4 heteroatoms. The second-order valence-corrected chi connectivity index (χ2v) is 6.56. The number of aromatic nitrogens is 1. The highest BCUT2D eigenvalue weighted by molar-refractivity contribution is 5.96. The molecule has 1 atom stereocenters. The predicted octanol–water partition coefficient (Wildman–Crippen LogP) is 2.86. The van der Waals surface area contributed by atoms with Crippen molar-refractivity contribution < 1.29 is 0 Å². The summed E-state index contributed by atoms with van der Waals surface area (Å²) in [6.45, 7) is 6.68. The van der Waals surface area contributed by atoms with Gasteiger partial charge >= 0.3 is 0 Å². The van der Waals surface area contributed by atoms with Crippen LogP contribution in [-0.2, 0) is 0 Å². The minimum atomic E-state index is 0.296. The number of pyridine rings is 1. The molecule has 1 unspecified atom stereocenters. The highest BCUT2D eigenvalue weighted by Gasteiger charge is 2.31. The highest BCUT2D eigenvalue weighted by atomic mass is 15.4. The third kappa shape index (κ3) is 3.62. The lowest BCUT2D eigenvalue weighted by molar-refractivity contribution is 0.165. The van der Waals surface area contributed by atoms with Gasteiger partial charge in [-0.3, -0.25) is 15.3 Å². The lowest BCUT2D eigenvalue weighted by atomic mass is 9.84. The zero-order chi connectivity index (χ0) is 14.7. The van der Waals surface area contributed by atoms with Crippen molar-refractivity contribution in [1.29, 1.82) is 0 Å². The maximum Gasteiger partial charge on any atom is 0.0930 e. The molecule has 2 saturated heterocycles. The third-order valence-corrected chi connectivity index (χ3v) is 4.95. The fourth-order valence-corrected chi connectivity index (χ4v) is 3.56. The van der Waals surface area contributed by atoms with E-state index in [2.05, 4.69) is 27.3 Å². The molecule has 1 aromatic heterocycles. The first-order valence-electron chi connectivity index (χ1n) is 8.17. The number of hydrazone groups is 1. The summed E-state index contributed by atoms with van der Waals surface area (Å²) < 4.78 is 0. The Morgan fingerprint density at radius 2 is 1.90 bits per heavy atom. The SMILES string of the molecule is C/C(=N\NC(C)N1CC2CCC(CC2)C1)c1ccccn1. The molecule has 3 heterocycles. The van der Waals surface area contributed by atoms with Crippen molar-refractivity contribution in [2.24, 2.45) is 16.9 Å². The summed E-state index contributed by atoms with van der Waals surface area (Å²) >= 11 is 0. The lowest BCUT2D eigenvalue weighted by Crippen LogP contribution is -2.44. The van der Waals surface area contributed by atoms with E-state index in [1.54, 1.807) is 0 Å². The summed E-state index contributed by atoms with van der Waals surface area (Å²) in [6, 6.07) is 5.93. The van der Waals surface area contributed by atoms with E-state index in [0.717, 1.165) is 23.2 Å². The smallest absolute Gasteiger partial charge is 0.0930 e. The largest absolute Gasteiger partial charge is 0.293 e. The second kappa shape index (κ2) is 6.56. The van der Waals surface area contributed by atoms with Gasteiger partial charge < -0.3 is 0 Å². The average molecular weight is 286 g/mol. The number of rotatable bonds is 4. The van der Waals surface area contributed by atoms with Gasteiger partial charge in [-0.15, -0.1) is 0 Å². The summed E-state index contributed by atoms with van der Waals surface area (Å²) in [5, 5.41) is 4.53. The Morgan fingerprint density at radius 3 is 2.48 bits per heavy atom. The van der Waals surface area contributed by atoms with Crippen LogP contribution in [0.4, 0.5) is 0 Å². The Bertz CT molecular complexity index is 463. The number of nitrogens with zero attached hydrogens (tertiary/aromatic N) is 3. The van der Waals surface area contributed by atoms with Gasteiger partial charge in [-0.1, -0.05) is 6.07 Å². The van der Waals surface area contributed by atoms with E-state index >= 15 is 0 Å². The van der Waals surface area contributed by atoms with E-state index in [9.17, 15) is 0 Å². The minimum absolute atomic E-state index is 0.296. The Kier molecular flexibility index (Phi) is 4.54. The first-order chi connectivity index (χ1) is 10.2. The minimum Gasteiger partial charge on any atom is -0.293 e. The predicted molar refractivity (Wildman–Crippen MR) is 86.1 cm³/mol. The number of fused-ring (bicyclic) bond motifs is 4. The maximum absolute atomic E-state index is 4.53. The molecule has 1 aromatic rings. The summed E-state index contributed by atoms with van der Waals surface area (Å²) in [7, 11) is 0. The number of nitrogens with one attached hydrogen (secondary N) is 1. The van der Waals surface area contributed by atoms with Crippen LogP contribution in [0.15, 0.2) is 29.5 Å². The van der Waals surface area contributed by atoms with Crippen LogP contribution in [-0.4, -0.2) is 34.9 Å². The van der Waals surface area contributed by atoms with Crippen molar-refractivity contribution in [3.63, 3.8) is 0 Å². The van der Waals surface area contributed by atoms with Crippen molar-refractivity contribution in [2.75, 3.05) is 13.1 Å². The van der Waals surface area contributed by atoms with Gasteiger partial charge in [-0.25, -0.2) is 0 Å². The Labute approximate surface area is 127 Å². The molecule has 2 aliphatic heterocycles. The van der Waals surface area contributed by atoms with Crippen LogP contribution < -0.4 is 5.43 Å². The fourth-order valence-electron chi connectivity index (χ4n) is 3.56. The Morgan fingerprint density at radius 1 is 1.24 bits per heavy atom. The number of hydrogen-bond donors (Lipinski definition) is 1. The van der Waals surface area contributed by atoms with Gasteiger partial charge in [0.15, 0.2) is 0 Å². The molecule has 3 aliphatic rings. The Hall–Kier alpha value is -1.42. The van der Waals surface area contributed by atoms with Crippen LogP contribution in [0, 0.1) is 11.8 Å². The Balaban J connectivity index is 1.60. The van der Waals surface area contributed by atoms with Crippen LogP contribution in [0.3, 0.4) is 0 Å². The summed E-state index contributed by atoms with van der Waals surface area (Å²) in [5.74, 6) is 1.79. The molecular formula is C17H26N4. The molecule has 114 valence electrons. The van der Waals surface area contributed by atoms with Gasteiger partial charge in [0.2, 0.25) is 0 Å². The third-order valence-electron chi connectivity index (χ3n) is 4.95. The molecule has 4 nitrogen and oxygen atoms in total. The van der Waals surface area contributed by atoms with Gasteiger partial charge in [0, 0.05) is 19.3 Å².